The molecule has 1 spiro atoms. The number of fused-ring (bicyclic) bond motifs is 2. The second kappa shape index (κ2) is 9.54. The SMILES string of the molecule is C=CC1CN(C)CCC12c1c(CI)ccc(O)c1OC2C(C)NC(=O)c1cccc(OC)c1. The summed E-state index contributed by atoms with van der Waals surface area (Å²) in [6, 6.07) is 10.5. The molecule has 1 saturated heterocycles. The van der Waals surface area contributed by atoms with E-state index in [0.717, 1.165) is 35.1 Å². The van der Waals surface area contributed by atoms with E-state index < -0.39 is 0 Å². The lowest BCUT2D eigenvalue weighted by Gasteiger charge is -2.48. The van der Waals surface area contributed by atoms with Crippen LogP contribution < -0.4 is 14.8 Å². The van der Waals surface area contributed by atoms with Crippen LogP contribution in [0.15, 0.2) is 49.1 Å². The molecule has 1 fully saturated rings. The molecule has 2 aliphatic heterocycles. The Kier molecular flexibility index (Phi) is 6.91. The molecule has 2 aliphatic rings. The maximum absolute atomic E-state index is 13.1. The van der Waals surface area contributed by atoms with Gasteiger partial charge in [-0.3, -0.25) is 4.79 Å². The van der Waals surface area contributed by atoms with Crippen molar-refractivity contribution >= 4 is 28.5 Å². The molecule has 2 heterocycles. The Balaban J connectivity index is 1.74. The van der Waals surface area contributed by atoms with Gasteiger partial charge in [0.05, 0.1) is 13.2 Å². The summed E-state index contributed by atoms with van der Waals surface area (Å²) in [4.78, 5) is 15.4. The summed E-state index contributed by atoms with van der Waals surface area (Å²) in [6.07, 6.45) is 2.53. The molecule has 176 valence electrons. The zero-order chi connectivity index (χ0) is 23.8. The van der Waals surface area contributed by atoms with Gasteiger partial charge in [0.25, 0.3) is 5.91 Å². The van der Waals surface area contributed by atoms with Crippen LogP contribution in [-0.4, -0.2) is 55.3 Å². The highest BCUT2D eigenvalue weighted by atomic mass is 127. The third-order valence-electron chi connectivity index (χ3n) is 7.09. The third-order valence-corrected chi connectivity index (χ3v) is 7.91. The second-order valence-electron chi connectivity index (χ2n) is 9.01. The molecule has 0 aromatic heterocycles. The largest absolute Gasteiger partial charge is 0.504 e. The predicted molar refractivity (Wildman–Crippen MR) is 138 cm³/mol. The van der Waals surface area contributed by atoms with Gasteiger partial charge in [-0.05, 0) is 56.8 Å². The van der Waals surface area contributed by atoms with Gasteiger partial charge in [0.15, 0.2) is 11.5 Å². The number of alkyl halides is 1. The number of piperidine rings is 1. The zero-order valence-corrected chi connectivity index (χ0v) is 21.5. The summed E-state index contributed by atoms with van der Waals surface area (Å²) >= 11 is 2.36. The van der Waals surface area contributed by atoms with Crippen LogP contribution in [0.25, 0.3) is 0 Å². The Morgan fingerprint density at radius 3 is 2.94 bits per heavy atom. The fraction of sp³-hybridized carbons (Fsp3) is 0.423. The lowest BCUT2D eigenvalue weighted by molar-refractivity contribution is 0.0330. The first kappa shape index (κ1) is 23.9. The number of phenols is 1. The molecule has 33 heavy (non-hydrogen) atoms. The van der Waals surface area contributed by atoms with Crippen LogP contribution >= 0.6 is 22.6 Å². The number of halogens is 1. The van der Waals surface area contributed by atoms with E-state index in [9.17, 15) is 9.90 Å². The number of carbonyl (C=O) groups is 1. The number of rotatable bonds is 6. The number of likely N-dealkylation sites (tertiary alicyclic amines) is 1. The Bertz CT molecular complexity index is 1060. The van der Waals surface area contributed by atoms with Crippen molar-refractivity contribution in [2.24, 2.45) is 5.92 Å². The maximum Gasteiger partial charge on any atom is 0.251 e. The highest BCUT2D eigenvalue weighted by molar-refractivity contribution is 14.1. The Hall–Kier alpha value is -2.26. The molecule has 6 nitrogen and oxygen atoms in total. The van der Waals surface area contributed by atoms with E-state index in [-0.39, 0.29) is 35.1 Å². The minimum atomic E-state index is -0.385. The number of amides is 1. The summed E-state index contributed by atoms with van der Waals surface area (Å²) in [5, 5.41) is 13.9. The van der Waals surface area contributed by atoms with Gasteiger partial charge in [-0.15, -0.1) is 6.58 Å². The van der Waals surface area contributed by atoms with Gasteiger partial charge in [-0.25, -0.2) is 0 Å². The van der Waals surface area contributed by atoms with Crippen LogP contribution in [0.4, 0.5) is 0 Å². The second-order valence-corrected chi connectivity index (χ2v) is 9.77. The average molecular weight is 562 g/mol. The number of nitrogens with zero attached hydrogens (tertiary/aromatic N) is 1. The molecule has 1 amide bonds. The average Bonchev–Trinajstić information content (AvgIpc) is 3.17. The number of hydrogen-bond donors (Lipinski definition) is 2. The van der Waals surface area contributed by atoms with Crippen molar-refractivity contribution in [2.45, 2.75) is 35.3 Å². The number of phenolic OH excluding ortho intramolecular Hbond substituents is 1. The van der Waals surface area contributed by atoms with Crippen LogP contribution in [0.5, 0.6) is 17.2 Å². The number of hydrogen-bond acceptors (Lipinski definition) is 5. The molecule has 2 aromatic carbocycles. The summed E-state index contributed by atoms with van der Waals surface area (Å²) in [5.41, 5.74) is 2.38. The van der Waals surface area contributed by atoms with Crippen molar-refractivity contribution in [2.75, 3.05) is 27.2 Å². The van der Waals surface area contributed by atoms with Crippen molar-refractivity contribution in [1.82, 2.24) is 10.2 Å². The quantitative estimate of drug-likeness (QED) is 0.313. The molecule has 7 heteroatoms. The van der Waals surface area contributed by atoms with Crippen molar-refractivity contribution < 1.29 is 19.4 Å². The van der Waals surface area contributed by atoms with Gasteiger partial charge in [0, 0.05) is 33.4 Å². The van der Waals surface area contributed by atoms with Gasteiger partial charge in [0.2, 0.25) is 0 Å². The van der Waals surface area contributed by atoms with Crippen molar-refractivity contribution in [1.29, 1.82) is 0 Å². The smallest absolute Gasteiger partial charge is 0.251 e. The third kappa shape index (κ3) is 4.10. The van der Waals surface area contributed by atoms with E-state index >= 15 is 0 Å². The van der Waals surface area contributed by atoms with Crippen LogP contribution in [0, 0.1) is 5.92 Å². The molecular formula is C26H31IN2O4. The topological polar surface area (TPSA) is 71.0 Å². The molecule has 4 atom stereocenters. The molecule has 2 aromatic rings. The van der Waals surface area contributed by atoms with Gasteiger partial charge in [-0.1, -0.05) is 40.8 Å². The van der Waals surface area contributed by atoms with Gasteiger partial charge in [-0.2, -0.15) is 0 Å². The first-order valence-electron chi connectivity index (χ1n) is 11.2. The summed E-state index contributed by atoms with van der Waals surface area (Å²) in [7, 11) is 3.70. The first-order chi connectivity index (χ1) is 15.8. The lowest BCUT2D eigenvalue weighted by Crippen LogP contribution is -2.59. The minimum Gasteiger partial charge on any atom is -0.504 e. The summed E-state index contributed by atoms with van der Waals surface area (Å²) in [6.45, 7) is 7.89. The zero-order valence-electron chi connectivity index (χ0n) is 19.3. The first-order valence-corrected chi connectivity index (χ1v) is 12.7. The number of methoxy groups -OCH3 is 1. The van der Waals surface area contributed by atoms with Crippen LogP contribution in [0.1, 0.15) is 34.8 Å². The summed E-state index contributed by atoms with van der Waals surface area (Å²) < 4.78 is 12.6. The monoisotopic (exact) mass is 562 g/mol. The van der Waals surface area contributed by atoms with Crippen molar-refractivity contribution in [3.05, 3.63) is 65.7 Å². The fourth-order valence-corrected chi connectivity index (χ4v) is 6.14. The normalized spacial score (nSPS) is 25.2. The van der Waals surface area contributed by atoms with E-state index in [1.807, 2.05) is 25.1 Å². The van der Waals surface area contributed by atoms with Crippen LogP contribution in [0.2, 0.25) is 0 Å². The van der Waals surface area contributed by atoms with Gasteiger partial charge < -0.3 is 24.8 Å². The van der Waals surface area contributed by atoms with Gasteiger partial charge >= 0.3 is 0 Å². The van der Waals surface area contributed by atoms with E-state index in [1.54, 1.807) is 31.4 Å². The van der Waals surface area contributed by atoms with E-state index in [4.69, 9.17) is 9.47 Å². The number of ether oxygens (including phenoxy) is 2. The van der Waals surface area contributed by atoms with Crippen molar-refractivity contribution in [3.8, 4) is 17.2 Å². The number of carbonyl (C=O) groups excluding carboxylic acids is 1. The van der Waals surface area contributed by atoms with Crippen LogP contribution in [-0.2, 0) is 9.84 Å². The molecule has 0 aliphatic carbocycles. The predicted octanol–water partition coefficient (Wildman–Crippen LogP) is 4.29. The standard InChI is InChI=1S/C26H31IN2O4/c1-5-19-15-29(3)12-11-26(19)22-18(14-27)9-10-21(30)23(22)33-24(26)16(2)28-25(31)17-7-6-8-20(13-17)32-4/h5-10,13,16,19,24,30H,1,11-12,14-15H2,2-4H3,(H,28,31). The van der Waals surface area contributed by atoms with E-state index in [2.05, 4.69) is 46.4 Å². The minimum absolute atomic E-state index is 0.113. The Labute approximate surface area is 209 Å². The van der Waals surface area contributed by atoms with Gasteiger partial charge in [0.1, 0.15) is 11.9 Å². The molecular weight excluding hydrogens is 531 g/mol. The molecule has 4 unspecified atom stereocenters. The Morgan fingerprint density at radius 1 is 1.45 bits per heavy atom. The van der Waals surface area contributed by atoms with Crippen molar-refractivity contribution in [3.63, 3.8) is 0 Å². The number of nitrogens with one attached hydrogen (secondary N) is 1. The lowest BCUT2D eigenvalue weighted by atomic mass is 9.61. The molecule has 2 N–H and O–H groups in total. The molecule has 0 saturated carbocycles. The van der Waals surface area contributed by atoms with E-state index in [1.165, 1.54) is 0 Å². The van der Waals surface area contributed by atoms with E-state index in [0.29, 0.717) is 17.1 Å². The highest BCUT2D eigenvalue weighted by Gasteiger charge is 2.58. The maximum atomic E-state index is 13.1. The molecule has 0 bridgehead atoms. The highest BCUT2D eigenvalue weighted by Crippen LogP contribution is 2.57. The van der Waals surface area contributed by atoms with Crippen LogP contribution in [0.3, 0.4) is 0 Å². The number of aromatic hydroxyl groups is 1. The Morgan fingerprint density at radius 2 is 2.24 bits per heavy atom. The fourth-order valence-electron chi connectivity index (χ4n) is 5.51. The summed E-state index contributed by atoms with van der Waals surface area (Å²) in [5.74, 6) is 1.26. The molecule has 4 rings (SSSR count). The molecule has 0 radical (unpaired) electrons. The number of benzene rings is 2.